The molecular formula is C11H7Cl3N2S. The number of nitrogens with zero attached hydrogens (tertiary/aromatic N) is 1. The Hall–Kier alpha value is -0.740. The lowest BCUT2D eigenvalue weighted by Gasteiger charge is -2.06. The van der Waals surface area contributed by atoms with Crippen LogP contribution in [0.15, 0.2) is 34.1 Å². The summed E-state index contributed by atoms with van der Waals surface area (Å²) >= 11 is 19.4. The summed E-state index contributed by atoms with van der Waals surface area (Å²) in [5.74, 6) is 0. The van der Waals surface area contributed by atoms with Crippen molar-refractivity contribution in [3.8, 4) is 0 Å². The van der Waals surface area contributed by atoms with Crippen molar-refractivity contribution in [3.05, 3.63) is 49.6 Å². The molecule has 0 spiro atoms. The average Bonchev–Trinajstić information content (AvgIpc) is 2.74. The first-order chi connectivity index (χ1) is 8.16. The van der Waals surface area contributed by atoms with E-state index in [-0.39, 0.29) is 0 Å². The molecule has 0 atom stereocenters. The van der Waals surface area contributed by atoms with Gasteiger partial charge in [0, 0.05) is 10.6 Å². The third-order valence-corrected chi connectivity index (χ3v) is 3.46. The number of anilines is 1. The van der Waals surface area contributed by atoms with Crippen molar-refractivity contribution < 1.29 is 0 Å². The highest BCUT2D eigenvalue weighted by Crippen LogP contribution is 2.33. The topological polar surface area (TPSA) is 24.4 Å². The minimum absolute atomic E-state index is 0.435. The van der Waals surface area contributed by atoms with Crippen molar-refractivity contribution in [2.45, 2.75) is 0 Å². The molecule has 0 saturated heterocycles. The third kappa shape index (κ3) is 3.36. The molecule has 1 heterocycles. The van der Waals surface area contributed by atoms with Gasteiger partial charge in [0.2, 0.25) is 0 Å². The summed E-state index contributed by atoms with van der Waals surface area (Å²) in [6.07, 6.45) is 1.69. The van der Waals surface area contributed by atoms with E-state index in [1.54, 1.807) is 29.7 Å². The van der Waals surface area contributed by atoms with Gasteiger partial charge in [-0.2, -0.15) is 16.4 Å². The maximum absolute atomic E-state index is 5.99. The number of halogens is 3. The first-order valence-corrected chi connectivity index (χ1v) is 6.70. The highest BCUT2D eigenvalue weighted by atomic mass is 35.5. The van der Waals surface area contributed by atoms with Gasteiger partial charge < -0.3 is 0 Å². The third-order valence-electron chi connectivity index (χ3n) is 1.94. The number of hydrogen-bond acceptors (Lipinski definition) is 3. The second kappa shape index (κ2) is 5.74. The standard InChI is InChI=1S/C11H7Cl3N2S/c12-8-3-9(13)11(10(14)4-8)16-15-5-7-1-2-17-6-7/h1-6,16H. The van der Waals surface area contributed by atoms with Crippen molar-refractivity contribution in [2.75, 3.05) is 5.43 Å². The Kier molecular flexibility index (Phi) is 4.29. The molecule has 0 aliphatic rings. The first-order valence-electron chi connectivity index (χ1n) is 4.62. The van der Waals surface area contributed by atoms with Crippen LogP contribution < -0.4 is 5.43 Å². The molecular weight excluding hydrogens is 299 g/mol. The molecule has 0 radical (unpaired) electrons. The number of nitrogens with one attached hydrogen (secondary N) is 1. The Bertz CT molecular complexity index is 515. The van der Waals surface area contributed by atoms with E-state index in [2.05, 4.69) is 10.5 Å². The average molecular weight is 306 g/mol. The molecule has 0 fully saturated rings. The van der Waals surface area contributed by atoms with Crippen molar-refractivity contribution >= 4 is 58.0 Å². The zero-order valence-corrected chi connectivity index (χ0v) is 11.5. The van der Waals surface area contributed by atoms with Crippen LogP contribution in [0.1, 0.15) is 5.56 Å². The van der Waals surface area contributed by atoms with E-state index in [9.17, 15) is 0 Å². The van der Waals surface area contributed by atoms with E-state index in [4.69, 9.17) is 34.8 Å². The molecule has 1 aromatic carbocycles. The maximum Gasteiger partial charge on any atom is 0.0935 e. The van der Waals surface area contributed by atoms with Crippen LogP contribution in [0.3, 0.4) is 0 Å². The van der Waals surface area contributed by atoms with Gasteiger partial charge in [-0.1, -0.05) is 34.8 Å². The summed E-state index contributed by atoms with van der Waals surface area (Å²) in [5, 5.41) is 9.38. The van der Waals surface area contributed by atoms with Crippen LogP contribution in [0.25, 0.3) is 0 Å². The summed E-state index contributed by atoms with van der Waals surface area (Å²) in [6, 6.07) is 5.18. The lowest BCUT2D eigenvalue weighted by Crippen LogP contribution is -1.92. The number of benzene rings is 1. The van der Waals surface area contributed by atoms with Gasteiger partial charge >= 0.3 is 0 Å². The lowest BCUT2D eigenvalue weighted by molar-refractivity contribution is 1.35. The zero-order valence-electron chi connectivity index (χ0n) is 8.45. The smallest absolute Gasteiger partial charge is 0.0935 e. The fraction of sp³-hybridized carbons (Fsp3) is 0. The van der Waals surface area contributed by atoms with Crippen LogP contribution in [-0.2, 0) is 0 Å². The number of thiophene rings is 1. The predicted octanol–water partition coefficient (Wildman–Crippen LogP) is 5.15. The van der Waals surface area contributed by atoms with Gasteiger partial charge in [-0.3, -0.25) is 5.43 Å². The van der Waals surface area contributed by atoms with Gasteiger partial charge in [-0.15, -0.1) is 0 Å². The number of rotatable bonds is 3. The molecule has 0 aliphatic carbocycles. The van der Waals surface area contributed by atoms with Crippen LogP contribution in [0.5, 0.6) is 0 Å². The van der Waals surface area contributed by atoms with E-state index in [1.807, 2.05) is 16.8 Å². The molecule has 0 saturated carbocycles. The van der Waals surface area contributed by atoms with Crippen LogP contribution >= 0.6 is 46.1 Å². The van der Waals surface area contributed by atoms with Crippen molar-refractivity contribution in [2.24, 2.45) is 5.10 Å². The van der Waals surface area contributed by atoms with Gasteiger partial charge in [-0.05, 0) is 29.0 Å². The second-order valence-electron chi connectivity index (χ2n) is 3.17. The zero-order chi connectivity index (χ0) is 12.3. The van der Waals surface area contributed by atoms with Crippen molar-refractivity contribution in [1.82, 2.24) is 0 Å². The van der Waals surface area contributed by atoms with Gasteiger partial charge in [0.1, 0.15) is 0 Å². The highest BCUT2D eigenvalue weighted by Gasteiger charge is 2.06. The van der Waals surface area contributed by atoms with E-state index >= 15 is 0 Å². The fourth-order valence-corrected chi connectivity index (χ4v) is 2.68. The van der Waals surface area contributed by atoms with Gasteiger partial charge in [0.25, 0.3) is 0 Å². The van der Waals surface area contributed by atoms with Crippen LogP contribution in [0.4, 0.5) is 5.69 Å². The Morgan fingerprint density at radius 2 is 1.88 bits per heavy atom. The van der Waals surface area contributed by atoms with Crippen molar-refractivity contribution in [3.63, 3.8) is 0 Å². The molecule has 1 aromatic heterocycles. The lowest BCUT2D eigenvalue weighted by atomic mass is 10.3. The minimum Gasteiger partial charge on any atom is -0.275 e. The van der Waals surface area contributed by atoms with E-state index < -0.39 is 0 Å². The van der Waals surface area contributed by atoms with Crippen molar-refractivity contribution in [1.29, 1.82) is 0 Å². The summed E-state index contributed by atoms with van der Waals surface area (Å²) in [6.45, 7) is 0. The molecule has 2 nitrogen and oxygen atoms in total. The predicted molar refractivity (Wildman–Crippen MR) is 77.0 cm³/mol. The van der Waals surface area contributed by atoms with E-state index in [0.29, 0.717) is 20.8 Å². The van der Waals surface area contributed by atoms with Gasteiger partial charge in [0.05, 0.1) is 21.9 Å². The molecule has 2 rings (SSSR count). The van der Waals surface area contributed by atoms with Crippen LogP contribution in [0.2, 0.25) is 15.1 Å². The van der Waals surface area contributed by atoms with Gasteiger partial charge in [-0.25, -0.2) is 0 Å². The molecule has 88 valence electrons. The largest absolute Gasteiger partial charge is 0.275 e. The Morgan fingerprint density at radius 1 is 1.18 bits per heavy atom. The Labute approximate surface area is 118 Å². The summed E-state index contributed by atoms with van der Waals surface area (Å²) < 4.78 is 0. The molecule has 0 aliphatic heterocycles. The SMILES string of the molecule is Clc1cc(Cl)c(NN=Cc2ccsc2)c(Cl)c1. The van der Waals surface area contributed by atoms with Gasteiger partial charge in [0.15, 0.2) is 0 Å². The van der Waals surface area contributed by atoms with E-state index in [1.165, 1.54) is 0 Å². The van der Waals surface area contributed by atoms with E-state index in [0.717, 1.165) is 5.56 Å². The molecule has 0 amide bonds. The molecule has 2 aromatic rings. The minimum atomic E-state index is 0.435. The normalized spacial score (nSPS) is 11.0. The number of hydrogen-bond donors (Lipinski definition) is 1. The molecule has 0 unspecified atom stereocenters. The molecule has 6 heteroatoms. The Balaban J connectivity index is 2.14. The molecule has 1 N–H and O–H groups in total. The summed E-state index contributed by atoms with van der Waals surface area (Å²) in [4.78, 5) is 0. The fourth-order valence-electron chi connectivity index (χ4n) is 1.17. The number of hydrazone groups is 1. The van der Waals surface area contributed by atoms with Crippen LogP contribution in [-0.4, -0.2) is 6.21 Å². The monoisotopic (exact) mass is 304 g/mol. The Morgan fingerprint density at radius 3 is 2.47 bits per heavy atom. The summed E-state index contributed by atoms with van der Waals surface area (Å²) in [5.41, 5.74) is 4.36. The summed E-state index contributed by atoms with van der Waals surface area (Å²) in [7, 11) is 0. The molecule has 0 bridgehead atoms. The van der Waals surface area contributed by atoms with Crippen LogP contribution in [0, 0.1) is 0 Å². The maximum atomic E-state index is 5.99. The molecule has 17 heavy (non-hydrogen) atoms. The highest BCUT2D eigenvalue weighted by molar-refractivity contribution is 7.08. The second-order valence-corrected chi connectivity index (χ2v) is 5.20. The quantitative estimate of drug-likeness (QED) is 0.615. The first kappa shape index (κ1) is 12.7.